The Labute approximate surface area is 336 Å². The lowest BCUT2D eigenvalue weighted by atomic mass is 9.30. The number of fused-ring (bicyclic) bond motifs is 1. The number of nitrogens with zero attached hydrogens (tertiary/aromatic N) is 1. The van der Waals surface area contributed by atoms with Crippen LogP contribution in [0, 0.1) is 41.5 Å². The van der Waals surface area contributed by atoms with Crippen LogP contribution < -0.4 is 32.8 Å². The van der Waals surface area contributed by atoms with E-state index in [4.69, 9.17) is 0 Å². The highest BCUT2D eigenvalue weighted by Gasteiger charge is 2.43. The Hall–Kier alpha value is -6.31. The molecule has 2 aliphatic rings. The third-order valence-corrected chi connectivity index (χ3v) is 13.0. The van der Waals surface area contributed by atoms with Gasteiger partial charge in [-0.15, -0.1) is 0 Å². The molecule has 9 aromatic rings. The largest absolute Gasteiger partial charge is 0.311 e. The van der Waals surface area contributed by atoms with Gasteiger partial charge < -0.3 is 4.57 Å². The summed E-state index contributed by atoms with van der Waals surface area (Å²) in [6.45, 7) is 13.9. The second-order valence-corrected chi connectivity index (χ2v) is 16.9. The van der Waals surface area contributed by atoms with Crippen molar-refractivity contribution < 1.29 is 0 Å². The van der Waals surface area contributed by atoms with Crippen molar-refractivity contribution in [3.05, 3.63) is 185 Å². The van der Waals surface area contributed by atoms with Crippen LogP contribution in [0.3, 0.4) is 0 Å². The first-order valence-corrected chi connectivity index (χ1v) is 20.4. The third-order valence-electron chi connectivity index (χ3n) is 13.0. The topological polar surface area (TPSA) is 4.93 Å². The van der Waals surface area contributed by atoms with E-state index in [1.54, 1.807) is 0 Å². The average molecular weight is 728 g/mol. The number of benzene rings is 8. The summed E-state index contributed by atoms with van der Waals surface area (Å²) in [4.78, 5) is 0. The molecule has 0 bridgehead atoms. The van der Waals surface area contributed by atoms with Crippen molar-refractivity contribution in [3.63, 3.8) is 0 Å². The fourth-order valence-electron chi connectivity index (χ4n) is 11.0. The normalized spacial score (nSPS) is 12.7. The van der Waals surface area contributed by atoms with Crippen molar-refractivity contribution in [1.82, 2.24) is 4.57 Å². The summed E-state index contributed by atoms with van der Waals surface area (Å²) in [5.41, 5.74) is 28.0. The molecule has 3 heteroatoms. The molecule has 1 nitrogen and oxygen atoms in total. The van der Waals surface area contributed by atoms with E-state index in [0.717, 1.165) is 0 Å². The highest BCUT2D eigenvalue weighted by atomic mass is 15.0. The summed E-state index contributed by atoms with van der Waals surface area (Å²) in [6, 6.07) is 57.8. The number of aryl methyl sites for hydroxylation is 6. The second-order valence-electron chi connectivity index (χ2n) is 16.9. The number of hydrogen-bond acceptors (Lipinski definition) is 0. The van der Waals surface area contributed by atoms with Crippen LogP contribution in [-0.4, -0.2) is 18.0 Å². The summed E-state index contributed by atoms with van der Waals surface area (Å²) in [5.74, 6) is 0. The van der Waals surface area contributed by atoms with Gasteiger partial charge in [-0.3, -0.25) is 0 Å². The molecule has 3 heterocycles. The fourth-order valence-corrected chi connectivity index (χ4v) is 11.0. The molecule has 8 aromatic carbocycles. The molecule has 270 valence electrons. The van der Waals surface area contributed by atoms with Crippen LogP contribution in [0.4, 0.5) is 0 Å². The summed E-state index contributed by atoms with van der Waals surface area (Å²) in [7, 11) is 0. The molecule has 0 saturated heterocycles. The summed E-state index contributed by atoms with van der Waals surface area (Å²) < 4.78 is 2.70. The highest BCUT2D eigenvalue weighted by molar-refractivity contribution is 7.02. The zero-order valence-electron chi connectivity index (χ0n) is 33.5. The third kappa shape index (κ3) is 5.04. The van der Waals surface area contributed by atoms with Crippen molar-refractivity contribution >= 4 is 68.0 Å². The van der Waals surface area contributed by atoms with Crippen molar-refractivity contribution in [2.75, 3.05) is 0 Å². The van der Waals surface area contributed by atoms with Crippen LogP contribution >= 0.6 is 0 Å². The van der Waals surface area contributed by atoms with E-state index in [9.17, 15) is 0 Å². The average Bonchev–Trinajstić information content (AvgIpc) is 3.55. The maximum Gasteiger partial charge on any atom is 0.247 e. The summed E-state index contributed by atoms with van der Waals surface area (Å²) in [6.07, 6.45) is 0. The number of aromatic nitrogens is 1. The van der Waals surface area contributed by atoms with Crippen LogP contribution in [-0.2, 0) is 0 Å². The SMILES string of the molecule is Cc1cc(C)c(B2c3cc(-c4ccccc4)cc4c3-n3c5c2cc(-c2ccccc2)cc5c2cc(-c5ccccc5)cc(c23)B4c2c(C)cc(C)cc2C)c(C)c1. The molecule has 0 unspecified atom stereocenters. The van der Waals surface area contributed by atoms with Gasteiger partial charge in [0.2, 0.25) is 13.4 Å². The van der Waals surface area contributed by atoms with Gasteiger partial charge in [-0.2, -0.15) is 0 Å². The van der Waals surface area contributed by atoms with E-state index in [2.05, 4.69) is 198 Å². The van der Waals surface area contributed by atoms with Gasteiger partial charge in [-0.1, -0.05) is 184 Å². The van der Waals surface area contributed by atoms with Crippen molar-refractivity contribution in [2.45, 2.75) is 41.5 Å². The maximum absolute atomic E-state index is 2.70. The van der Waals surface area contributed by atoms with E-state index in [-0.39, 0.29) is 13.4 Å². The number of rotatable bonds is 5. The van der Waals surface area contributed by atoms with Crippen LogP contribution in [0.1, 0.15) is 33.4 Å². The van der Waals surface area contributed by atoms with Crippen molar-refractivity contribution in [3.8, 4) is 39.1 Å². The Morgan fingerprint density at radius 2 is 0.649 bits per heavy atom. The first-order chi connectivity index (χ1) is 27.7. The van der Waals surface area contributed by atoms with Crippen molar-refractivity contribution in [2.24, 2.45) is 0 Å². The van der Waals surface area contributed by atoms with Crippen LogP contribution in [0.25, 0.3) is 60.9 Å². The van der Waals surface area contributed by atoms with Crippen LogP contribution in [0.15, 0.2) is 152 Å². The number of hydrogen-bond donors (Lipinski definition) is 0. The maximum atomic E-state index is 2.70. The molecular formula is C54H43B2N. The molecule has 57 heavy (non-hydrogen) atoms. The van der Waals surface area contributed by atoms with Gasteiger partial charge in [0.15, 0.2) is 0 Å². The smallest absolute Gasteiger partial charge is 0.247 e. The Morgan fingerprint density at radius 3 is 1.00 bits per heavy atom. The Morgan fingerprint density at radius 1 is 0.333 bits per heavy atom. The van der Waals surface area contributed by atoms with Gasteiger partial charge in [0.1, 0.15) is 0 Å². The van der Waals surface area contributed by atoms with Gasteiger partial charge in [0.05, 0.1) is 0 Å². The molecular weight excluding hydrogens is 684 g/mol. The molecule has 1 aromatic heterocycles. The summed E-state index contributed by atoms with van der Waals surface area (Å²) in [5, 5.41) is 2.66. The van der Waals surface area contributed by atoms with Gasteiger partial charge in [0, 0.05) is 27.5 Å². The Kier molecular flexibility index (Phi) is 7.51. The quantitative estimate of drug-likeness (QED) is 0.156. The monoisotopic (exact) mass is 727 g/mol. The zero-order valence-corrected chi connectivity index (χ0v) is 33.5. The first kappa shape index (κ1) is 34.0. The predicted octanol–water partition coefficient (Wildman–Crippen LogP) is 9.29. The van der Waals surface area contributed by atoms with Gasteiger partial charge >= 0.3 is 0 Å². The minimum atomic E-state index is 0.0435. The zero-order chi connectivity index (χ0) is 38.7. The molecule has 0 atom stereocenters. The molecule has 0 amide bonds. The molecule has 0 saturated carbocycles. The predicted molar refractivity (Wildman–Crippen MR) is 248 cm³/mol. The van der Waals surface area contributed by atoms with E-state index in [1.165, 1.54) is 127 Å². The first-order valence-electron chi connectivity index (χ1n) is 20.4. The minimum Gasteiger partial charge on any atom is -0.311 e. The Bertz CT molecular complexity index is 2890. The molecule has 0 fully saturated rings. The molecule has 0 spiro atoms. The van der Waals surface area contributed by atoms with Crippen molar-refractivity contribution in [1.29, 1.82) is 0 Å². The molecule has 0 N–H and O–H groups in total. The highest BCUT2D eigenvalue weighted by Crippen LogP contribution is 2.40. The van der Waals surface area contributed by atoms with Gasteiger partial charge in [0.25, 0.3) is 0 Å². The Balaban J connectivity index is 1.39. The van der Waals surface area contributed by atoms with E-state index < -0.39 is 0 Å². The van der Waals surface area contributed by atoms with Crippen LogP contribution in [0.2, 0.25) is 0 Å². The van der Waals surface area contributed by atoms with Crippen LogP contribution in [0.5, 0.6) is 0 Å². The standard InChI is InChI=1S/C54H43B2N/c1-32-22-34(3)50(35(4)23-32)55-46-28-41(38-16-10-7-11-17-38)26-44-45-27-42(39-18-12-8-13-19-39)29-47-53(45)57(52(44)46)54-48(55)30-43(40-20-14-9-15-21-40)31-49(54)56(47)51-36(5)24-33(2)25-37(51)6/h7-31H,1-6H3. The summed E-state index contributed by atoms with van der Waals surface area (Å²) >= 11 is 0. The van der Waals surface area contributed by atoms with E-state index in [1.807, 2.05) is 0 Å². The lowest BCUT2D eigenvalue weighted by molar-refractivity contribution is 1.20. The lowest BCUT2D eigenvalue weighted by Gasteiger charge is -2.37. The molecule has 11 rings (SSSR count). The van der Waals surface area contributed by atoms with E-state index in [0.29, 0.717) is 0 Å². The minimum absolute atomic E-state index is 0.0435. The van der Waals surface area contributed by atoms with E-state index >= 15 is 0 Å². The second kappa shape index (κ2) is 12.6. The molecule has 0 aliphatic carbocycles. The van der Waals surface area contributed by atoms with Gasteiger partial charge in [-0.25, -0.2) is 0 Å². The molecule has 0 radical (unpaired) electrons. The molecule has 2 aliphatic heterocycles. The fraction of sp³-hybridized carbons (Fsp3) is 0.111. The lowest BCUT2D eigenvalue weighted by Crippen LogP contribution is -2.64. The van der Waals surface area contributed by atoms with Gasteiger partial charge in [-0.05, 0) is 109 Å².